The Balaban J connectivity index is 1.84. The van der Waals surface area contributed by atoms with Crippen LogP contribution >= 0.6 is 0 Å². The van der Waals surface area contributed by atoms with Crippen LogP contribution in [0.4, 0.5) is 15.9 Å². The number of benzene rings is 2. The zero-order valence-corrected chi connectivity index (χ0v) is 16.0. The number of rotatable bonds is 5. The van der Waals surface area contributed by atoms with Crippen LogP contribution in [0.5, 0.6) is 0 Å². The molecule has 1 heterocycles. The summed E-state index contributed by atoms with van der Waals surface area (Å²) < 4.78 is 39.9. The summed E-state index contributed by atoms with van der Waals surface area (Å²) in [5.41, 5.74) is 0.743. The number of anilines is 2. The van der Waals surface area contributed by atoms with Gasteiger partial charge in [0.25, 0.3) is 15.9 Å². The first-order chi connectivity index (χ1) is 13.8. The Labute approximate surface area is 167 Å². The number of nitrogens with zero attached hydrogens (tertiary/aromatic N) is 3. The van der Waals surface area contributed by atoms with Gasteiger partial charge in [-0.25, -0.2) is 17.8 Å². The normalized spacial score (nSPS) is 10.8. The van der Waals surface area contributed by atoms with Crippen LogP contribution in [0.15, 0.2) is 71.8 Å². The number of pyridine rings is 1. The van der Waals surface area contributed by atoms with Crippen molar-refractivity contribution in [3.63, 3.8) is 0 Å². The summed E-state index contributed by atoms with van der Waals surface area (Å²) in [5, 5.41) is 11.3. The van der Waals surface area contributed by atoms with E-state index in [0.29, 0.717) is 5.56 Å². The summed E-state index contributed by atoms with van der Waals surface area (Å²) in [7, 11) is -2.62. The number of carbonyl (C=O) groups is 1. The third kappa shape index (κ3) is 4.39. The molecule has 3 aromatic rings. The largest absolute Gasteiger partial charge is 0.307 e. The van der Waals surface area contributed by atoms with E-state index in [9.17, 15) is 17.6 Å². The highest BCUT2D eigenvalue weighted by atomic mass is 32.2. The molecule has 29 heavy (non-hydrogen) atoms. The lowest BCUT2D eigenvalue weighted by atomic mass is 10.2. The molecule has 0 fully saturated rings. The summed E-state index contributed by atoms with van der Waals surface area (Å²) >= 11 is 0. The van der Waals surface area contributed by atoms with Gasteiger partial charge in [0.1, 0.15) is 17.7 Å². The summed E-state index contributed by atoms with van der Waals surface area (Å²) in [5.74, 6) is -0.802. The van der Waals surface area contributed by atoms with Crippen molar-refractivity contribution in [1.82, 2.24) is 4.98 Å². The van der Waals surface area contributed by atoms with Gasteiger partial charge in [-0.3, -0.25) is 9.10 Å². The fourth-order valence-electron chi connectivity index (χ4n) is 2.47. The Hall–Kier alpha value is -3.77. The van der Waals surface area contributed by atoms with E-state index in [2.05, 4.69) is 10.3 Å². The number of hydrogen-bond donors (Lipinski definition) is 1. The molecule has 1 amide bonds. The van der Waals surface area contributed by atoms with Crippen molar-refractivity contribution in [3.05, 3.63) is 83.8 Å². The molecule has 2 aromatic carbocycles. The molecule has 9 heteroatoms. The highest BCUT2D eigenvalue weighted by molar-refractivity contribution is 7.92. The van der Waals surface area contributed by atoms with Crippen LogP contribution in [0.2, 0.25) is 0 Å². The summed E-state index contributed by atoms with van der Waals surface area (Å²) in [6.45, 7) is 0. The van der Waals surface area contributed by atoms with Gasteiger partial charge in [0.2, 0.25) is 0 Å². The fraction of sp³-hybridized carbons (Fsp3) is 0.0500. The molecule has 146 valence electrons. The zero-order valence-electron chi connectivity index (χ0n) is 15.2. The van der Waals surface area contributed by atoms with Crippen LogP contribution in [0.25, 0.3) is 0 Å². The Morgan fingerprint density at radius 3 is 2.48 bits per heavy atom. The molecule has 1 aromatic heterocycles. The maximum atomic E-state index is 13.1. The first kappa shape index (κ1) is 20.0. The molecule has 0 saturated carbocycles. The van der Waals surface area contributed by atoms with Crippen molar-refractivity contribution in [2.75, 3.05) is 16.7 Å². The van der Waals surface area contributed by atoms with E-state index >= 15 is 0 Å². The molecule has 0 bridgehead atoms. The second-order valence-corrected chi connectivity index (χ2v) is 7.94. The first-order valence-corrected chi connectivity index (χ1v) is 9.77. The summed E-state index contributed by atoms with van der Waals surface area (Å²) in [6.07, 6.45) is 1.31. The number of carbonyl (C=O) groups excluding carboxylic acids is 1. The van der Waals surface area contributed by atoms with E-state index < -0.39 is 21.7 Å². The van der Waals surface area contributed by atoms with Gasteiger partial charge in [-0.05, 0) is 54.6 Å². The van der Waals surface area contributed by atoms with Crippen molar-refractivity contribution in [1.29, 1.82) is 5.26 Å². The molecule has 0 saturated heterocycles. The molecule has 0 radical (unpaired) electrons. The Kier molecular flexibility index (Phi) is 5.57. The molecule has 0 unspecified atom stereocenters. The predicted molar refractivity (Wildman–Crippen MR) is 105 cm³/mol. The number of nitriles is 1. The van der Waals surface area contributed by atoms with Gasteiger partial charge < -0.3 is 5.32 Å². The maximum absolute atomic E-state index is 13.1. The molecule has 3 rings (SSSR count). The molecule has 0 aliphatic carbocycles. The Morgan fingerprint density at radius 2 is 1.86 bits per heavy atom. The molecule has 1 N–H and O–H groups in total. The lowest BCUT2D eigenvalue weighted by Crippen LogP contribution is -2.27. The number of sulfonamides is 1. The molecule has 7 nitrogen and oxygen atoms in total. The zero-order chi connectivity index (χ0) is 21.0. The van der Waals surface area contributed by atoms with E-state index in [4.69, 9.17) is 5.26 Å². The second-order valence-electron chi connectivity index (χ2n) is 5.97. The maximum Gasteiger partial charge on any atom is 0.264 e. The van der Waals surface area contributed by atoms with Crippen molar-refractivity contribution < 1.29 is 17.6 Å². The number of hydrogen-bond acceptors (Lipinski definition) is 5. The molecule has 0 aliphatic rings. The van der Waals surface area contributed by atoms with Crippen LogP contribution in [0.1, 0.15) is 15.9 Å². The first-order valence-electron chi connectivity index (χ1n) is 8.33. The minimum absolute atomic E-state index is 0.0928. The Bertz CT molecular complexity index is 1190. The lowest BCUT2D eigenvalue weighted by molar-refractivity contribution is 0.102. The Morgan fingerprint density at radius 1 is 1.14 bits per heavy atom. The van der Waals surface area contributed by atoms with Crippen molar-refractivity contribution in [2.45, 2.75) is 4.90 Å². The quantitative estimate of drug-likeness (QED) is 0.696. The van der Waals surface area contributed by atoms with Gasteiger partial charge in [-0.15, -0.1) is 0 Å². The number of halogens is 1. The van der Waals surface area contributed by atoms with Crippen molar-refractivity contribution in [2.24, 2.45) is 0 Å². The highest BCUT2D eigenvalue weighted by Gasteiger charge is 2.22. The van der Waals surface area contributed by atoms with Crippen molar-refractivity contribution in [3.8, 4) is 6.07 Å². The van der Waals surface area contributed by atoms with E-state index in [1.165, 1.54) is 61.8 Å². The van der Waals surface area contributed by atoms with Crippen molar-refractivity contribution >= 4 is 27.4 Å². The molecule has 0 atom stereocenters. The third-order valence-electron chi connectivity index (χ3n) is 4.08. The van der Waals surface area contributed by atoms with Crippen LogP contribution in [0, 0.1) is 17.1 Å². The van der Waals surface area contributed by atoms with E-state index in [-0.39, 0.29) is 22.0 Å². The van der Waals surface area contributed by atoms with Gasteiger partial charge in [0.15, 0.2) is 0 Å². The van der Waals surface area contributed by atoms with E-state index in [1.54, 1.807) is 0 Å². The van der Waals surface area contributed by atoms with Gasteiger partial charge in [-0.2, -0.15) is 5.26 Å². The third-order valence-corrected chi connectivity index (χ3v) is 5.86. The smallest absolute Gasteiger partial charge is 0.264 e. The highest BCUT2D eigenvalue weighted by Crippen LogP contribution is 2.23. The van der Waals surface area contributed by atoms with Crippen LogP contribution in [0.3, 0.4) is 0 Å². The van der Waals surface area contributed by atoms with Gasteiger partial charge in [0.05, 0.1) is 16.1 Å². The molecular weight excluding hydrogens is 395 g/mol. The number of aromatic nitrogens is 1. The monoisotopic (exact) mass is 410 g/mol. The van der Waals surface area contributed by atoms with Crippen LogP contribution in [-0.2, 0) is 10.0 Å². The molecular formula is C20H15FN4O3S. The minimum atomic E-state index is -3.96. The molecule has 0 aliphatic heterocycles. The van der Waals surface area contributed by atoms with Gasteiger partial charge in [0, 0.05) is 18.8 Å². The lowest BCUT2D eigenvalue weighted by Gasteiger charge is -2.19. The van der Waals surface area contributed by atoms with Gasteiger partial charge >= 0.3 is 0 Å². The van der Waals surface area contributed by atoms with Gasteiger partial charge in [-0.1, -0.05) is 6.07 Å². The average molecular weight is 410 g/mol. The fourth-order valence-corrected chi connectivity index (χ4v) is 3.71. The topological polar surface area (TPSA) is 103 Å². The minimum Gasteiger partial charge on any atom is -0.307 e. The summed E-state index contributed by atoms with van der Waals surface area (Å²) in [6, 6.07) is 15.4. The second kappa shape index (κ2) is 8.08. The predicted octanol–water partition coefficient (Wildman–Crippen LogP) is 3.17. The molecule has 0 spiro atoms. The van der Waals surface area contributed by atoms with Crippen LogP contribution < -0.4 is 9.62 Å². The SMILES string of the molecule is CN(c1ccc(F)cc1)S(=O)(=O)c1cccc(C(=O)Nc2ccc(C#N)cn2)c1. The number of amides is 1. The van der Waals surface area contributed by atoms with E-state index in [1.807, 2.05) is 6.07 Å². The number of nitrogens with one attached hydrogen (secondary N) is 1. The summed E-state index contributed by atoms with van der Waals surface area (Å²) in [4.78, 5) is 16.3. The van der Waals surface area contributed by atoms with Crippen LogP contribution in [-0.4, -0.2) is 26.4 Å². The average Bonchev–Trinajstić information content (AvgIpc) is 2.74. The standard InChI is InChI=1S/C20H15FN4O3S/c1-25(17-8-6-16(21)7-9-17)29(27,28)18-4-2-3-15(11-18)20(26)24-19-10-5-14(12-22)13-23-19/h2-11,13H,1H3,(H,23,24,26). The van der Waals surface area contributed by atoms with E-state index in [0.717, 1.165) is 16.4 Å².